The van der Waals surface area contributed by atoms with E-state index in [0.717, 1.165) is 12.3 Å². The minimum absolute atomic E-state index is 0.270. The highest BCUT2D eigenvalue weighted by atomic mass is 19.1. The van der Waals surface area contributed by atoms with Crippen molar-refractivity contribution in [1.29, 1.82) is 21.0 Å². The molecule has 0 aliphatic heterocycles. The molecule has 0 radical (unpaired) electrons. The quantitative estimate of drug-likeness (QED) is 0.125. The van der Waals surface area contributed by atoms with Gasteiger partial charge in [0.25, 0.3) is 11.4 Å². The van der Waals surface area contributed by atoms with E-state index < -0.39 is 113 Å². The van der Waals surface area contributed by atoms with Crippen LogP contribution in [-0.2, 0) is 0 Å². The van der Waals surface area contributed by atoms with Crippen LogP contribution in [0.25, 0.3) is 52.9 Å². The van der Waals surface area contributed by atoms with Crippen molar-refractivity contribution in [2.24, 2.45) is 0 Å². The van der Waals surface area contributed by atoms with Crippen LogP contribution in [0.2, 0.25) is 0 Å². The highest BCUT2D eigenvalue weighted by molar-refractivity contribution is 6.29. The van der Waals surface area contributed by atoms with Crippen molar-refractivity contribution in [2.45, 2.75) is 0 Å². The Hall–Kier alpha value is -7.88. The van der Waals surface area contributed by atoms with Gasteiger partial charge in [-0.25, -0.2) is 52.4 Å². The van der Waals surface area contributed by atoms with E-state index in [1.165, 1.54) is 12.1 Å². The number of hydrogen-bond donors (Lipinski definition) is 0. The van der Waals surface area contributed by atoms with Crippen molar-refractivity contribution < 1.29 is 22.0 Å². The summed E-state index contributed by atoms with van der Waals surface area (Å²) in [6.07, 6.45) is 0.818. The summed E-state index contributed by atoms with van der Waals surface area (Å²) in [6.45, 7) is 29.9. The Labute approximate surface area is 261 Å². The second-order valence-electron chi connectivity index (χ2n) is 9.29. The molecule has 0 fully saturated rings. The maximum atomic E-state index is 17.0. The monoisotopic (exact) mass is 621 g/mol. The van der Waals surface area contributed by atoms with Crippen molar-refractivity contribution in [1.82, 2.24) is 4.98 Å². The van der Waals surface area contributed by atoms with Crippen LogP contribution in [0.1, 0.15) is 38.9 Å². The number of nitrogens with zero attached hydrogens (tertiary/aromatic N) is 9. The van der Waals surface area contributed by atoms with Crippen molar-refractivity contribution in [3.8, 4) is 24.3 Å². The first-order valence-corrected chi connectivity index (χ1v) is 12.4. The molecule has 1 heterocycles. The molecule has 0 N–H and O–H groups in total. The van der Waals surface area contributed by atoms with Gasteiger partial charge in [0.05, 0.1) is 49.6 Å². The number of hydrogen-bond acceptors (Lipinski definition) is 5. The van der Waals surface area contributed by atoms with Gasteiger partial charge in [0.15, 0.2) is 0 Å². The Morgan fingerprint density at radius 2 is 1.26 bits per heavy atom. The molecule has 5 rings (SSSR count). The number of benzene rings is 2. The van der Waals surface area contributed by atoms with Crippen molar-refractivity contribution in [2.75, 3.05) is 0 Å². The molecule has 0 spiro atoms. The first-order chi connectivity index (χ1) is 22.6. The average molecular weight is 621 g/mol. The van der Waals surface area contributed by atoms with E-state index in [1.807, 2.05) is 0 Å². The second-order valence-corrected chi connectivity index (χ2v) is 9.29. The summed E-state index contributed by atoms with van der Waals surface area (Å²) in [5.41, 5.74) is -13.3. The first-order valence-electron chi connectivity index (χ1n) is 12.4. The molecular formula is C33H4F5N9. The van der Waals surface area contributed by atoms with Crippen LogP contribution in [0, 0.1) is 101 Å². The lowest BCUT2D eigenvalue weighted by Crippen LogP contribution is -2.05. The molecule has 0 saturated carbocycles. The zero-order chi connectivity index (χ0) is 34.3. The van der Waals surface area contributed by atoms with Crippen LogP contribution in [0.15, 0.2) is 35.8 Å². The molecule has 3 aromatic rings. The summed E-state index contributed by atoms with van der Waals surface area (Å²) < 4.78 is 79.3. The SMILES string of the molecule is [C-]#[N+]C1=C(c2cc(F)c([N+]#[C-])cc2F)/C(=C(/C#N)[N+]#[C-])c2c(F)c3c(c(F)c21)/C(=C(/C#N)[N+]#[C-])C(c1cc(C#N)cnc1F)=C3C#N. The van der Waals surface area contributed by atoms with E-state index in [1.54, 1.807) is 12.1 Å². The van der Waals surface area contributed by atoms with Gasteiger partial charge in [-0.2, -0.15) is 14.9 Å². The number of allylic oxidation sites excluding steroid dienone is 7. The topological polar surface area (TPSA) is 125 Å². The summed E-state index contributed by atoms with van der Waals surface area (Å²) in [5, 5.41) is 39.1. The summed E-state index contributed by atoms with van der Waals surface area (Å²) >= 11 is 0. The molecule has 14 heteroatoms. The van der Waals surface area contributed by atoms with Crippen molar-refractivity contribution in [3.63, 3.8) is 0 Å². The van der Waals surface area contributed by atoms with Crippen LogP contribution in [-0.4, -0.2) is 4.98 Å². The van der Waals surface area contributed by atoms with Gasteiger partial charge in [-0.1, -0.05) is 0 Å². The van der Waals surface area contributed by atoms with Gasteiger partial charge < -0.3 is 0 Å². The normalized spacial score (nSPS) is 14.7. The van der Waals surface area contributed by atoms with Crippen molar-refractivity contribution >= 4 is 39.2 Å². The summed E-state index contributed by atoms with van der Waals surface area (Å²) in [4.78, 5) is 15.5. The van der Waals surface area contributed by atoms with Gasteiger partial charge in [0, 0.05) is 50.7 Å². The number of aromatic nitrogens is 1. The standard InChI is InChI=1S/C33H4F5N9/c1-43-19-7-17(34)14(6-18(19)35)24-26(21(11-42)45-3)28-29(32(24)46-4)31(37)27-23(30(28)36)16(9-40)22(25(27)20(10-41)44-2)15-5-13(8-39)12-47-33(15)38/h5-7,12H/b25-20-,26-21+. The zero-order valence-corrected chi connectivity index (χ0v) is 22.7. The lowest BCUT2D eigenvalue weighted by molar-refractivity contribution is 0.580. The lowest BCUT2D eigenvalue weighted by Gasteiger charge is -2.15. The van der Waals surface area contributed by atoms with Crippen molar-refractivity contribution in [3.05, 3.63) is 150 Å². The molecule has 47 heavy (non-hydrogen) atoms. The van der Waals surface area contributed by atoms with E-state index in [2.05, 4.69) is 24.4 Å². The second kappa shape index (κ2) is 11.3. The van der Waals surface area contributed by atoms with E-state index in [9.17, 15) is 25.4 Å². The number of fused-ring (bicyclic) bond motifs is 2. The molecule has 0 bridgehead atoms. The maximum absolute atomic E-state index is 17.0. The number of nitriles is 4. The Morgan fingerprint density at radius 1 is 0.660 bits per heavy atom. The third kappa shape index (κ3) is 4.18. The Balaban J connectivity index is 2.06. The highest BCUT2D eigenvalue weighted by Gasteiger charge is 2.44. The van der Waals surface area contributed by atoms with Crippen LogP contribution in [0.5, 0.6) is 0 Å². The predicted molar refractivity (Wildman–Crippen MR) is 152 cm³/mol. The minimum Gasteiger partial charge on any atom is -0.237 e. The average Bonchev–Trinajstić information content (AvgIpc) is 3.60. The van der Waals surface area contributed by atoms with E-state index in [-0.39, 0.29) is 5.56 Å². The number of rotatable bonds is 2. The molecular weight excluding hydrogens is 617 g/mol. The molecule has 2 aliphatic rings. The largest absolute Gasteiger partial charge is 0.270 e. The van der Waals surface area contributed by atoms with Gasteiger partial charge in [-0.05, 0) is 29.3 Å². The minimum atomic E-state index is -1.59. The van der Waals surface area contributed by atoms with Gasteiger partial charge in [-0.3, -0.25) is 0 Å². The maximum Gasteiger partial charge on any atom is 0.270 e. The fourth-order valence-corrected chi connectivity index (χ4v) is 5.36. The Bertz CT molecular complexity index is 2520. The van der Waals surface area contributed by atoms with E-state index >= 15 is 17.6 Å². The fraction of sp³-hybridized carbons (Fsp3) is 0. The van der Waals surface area contributed by atoms with Crippen LogP contribution in [0.4, 0.5) is 27.6 Å². The van der Waals surface area contributed by atoms with Gasteiger partial charge >= 0.3 is 0 Å². The predicted octanol–water partition coefficient (Wildman–Crippen LogP) is 7.76. The molecule has 1 aromatic heterocycles. The van der Waals surface area contributed by atoms with Crippen LogP contribution >= 0.6 is 0 Å². The van der Waals surface area contributed by atoms with Crippen LogP contribution < -0.4 is 0 Å². The molecule has 216 valence electrons. The summed E-state index contributed by atoms with van der Waals surface area (Å²) in [6, 6.07) is 7.96. The first kappa shape index (κ1) is 30.6. The molecule has 9 nitrogen and oxygen atoms in total. The highest BCUT2D eigenvalue weighted by Crippen LogP contribution is 2.58. The molecule has 0 unspecified atom stereocenters. The molecule has 2 aromatic carbocycles. The van der Waals surface area contributed by atoms with Gasteiger partial charge in [0.1, 0.15) is 35.4 Å². The Kier molecular flexibility index (Phi) is 7.36. The van der Waals surface area contributed by atoms with E-state index in [4.69, 9.17) is 26.3 Å². The van der Waals surface area contributed by atoms with Gasteiger partial charge in [-0.15, -0.1) is 0 Å². The van der Waals surface area contributed by atoms with Gasteiger partial charge in [0.2, 0.25) is 17.3 Å². The molecule has 0 amide bonds. The third-order valence-electron chi connectivity index (χ3n) is 7.15. The number of pyridine rings is 1. The molecule has 0 atom stereocenters. The number of halogens is 5. The van der Waals surface area contributed by atoms with Crippen LogP contribution in [0.3, 0.4) is 0 Å². The third-order valence-corrected chi connectivity index (χ3v) is 7.15. The van der Waals surface area contributed by atoms with E-state index in [0.29, 0.717) is 12.1 Å². The smallest absolute Gasteiger partial charge is 0.237 e. The molecule has 0 saturated heterocycles. The molecule has 2 aliphatic carbocycles. The fourth-order valence-electron chi connectivity index (χ4n) is 5.36. The summed E-state index contributed by atoms with van der Waals surface area (Å²) in [5.74, 6) is -7.18. The zero-order valence-electron chi connectivity index (χ0n) is 22.7. The summed E-state index contributed by atoms with van der Waals surface area (Å²) in [7, 11) is 0. The lowest BCUT2D eigenvalue weighted by atomic mass is 9.90. The Morgan fingerprint density at radius 3 is 1.79 bits per heavy atom.